The van der Waals surface area contributed by atoms with E-state index in [4.69, 9.17) is 4.74 Å². The van der Waals surface area contributed by atoms with Crippen molar-refractivity contribution >= 4 is 5.97 Å². The molecule has 0 aliphatic heterocycles. The molecule has 3 fully saturated rings. The number of rotatable bonds is 11. The summed E-state index contributed by atoms with van der Waals surface area (Å²) in [4.78, 5) is 12.2. The molecule has 0 spiro atoms. The highest BCUT2D eigenvalue weighted by Crippen LogP contribution is 2.66. The first-order valence-electron chi connectivity index (χ1n) is 20.1. The monoisotopic (exact) mass is 619 g/mol. The van der Waals surface area contributed by atoms with E-state index in [0.29, 0.717) is 17.3 Å². The molecule has 4 aliphatic carbocycles. The lowest BCUT2D eigenvalue weighted by Crippen LogP contribution is -2.50. The number of hydrogen-bond donors (Lipinski definition) is 0. The summed E-state index contributed by atoms with van der Waals surface area (Å²) in [5.74, 6) is 4.52. The molecular weight excluding hydrogens is 536 g/mol. The molecule has 7 atom stereocenters. The second kappa shape index (κ2) is 23.5. The van der Waals surface area contributed by atoms with Gasteiger partial charge in [0, 0.05) is 12.8 Å². The molecule has 0 amide bonds. The summed E-state index contributed by atoms with van der Waals surface area (Å²) < 4.78 is 5.90. The molecule has 0 aromatic rings. The van der Waals surface area contributed by atoms with Gasteiger partial charge in [0.25, 0.3) is 0 Å². The molecule has 2 nitrogen and oxygen atoms in total. The van der Waals surface area contributed by atoms with Crippen molar-refractivity contribution in [1.29, 1.82) is 0 Å². The van der Waals surface area contributed by atoms with E-state index >= 15 is 0 Å². The zero-order valence-electron chi connectivity index (χ0n) is 32.6. The van der Waals surface area contributed by atoms with E-state index in [-0.39, 0.29) is 12.1 Å². The summed E-state index contributed by atoms with van der Waals surface area (Å²) in [6, 6.07) is 0. The zero-order valence-corrected chi connectivity index (χ0v) is 32.6. The molecule has 44 heavy (non-hydrogen) atoms. The van der Waals surface area contributed by atoms with Crippen molar-refractivity contribution in [2.45, 2.75) is 212 Å². The van der Waals surface area contributed by atoms with Crippen LogP contribution in [0, 0.1) is 40.4 Å². The Morgan fingerprint density at radius 3 is 2.02 bits per heavy atom. The van der Waals surface area contributed by atoms with Crippen molar-refractivity contribution < 1.29 is 9.53 Å². The van der Waals surface area contributed by atoms with Gasteiger partial charge in [0.2, 0.25) is 0 Å². The maximum Gasteiger partial charge on any atom is 0.306 e. The Kier molecular flexibility index (Phi) is 23.1. The number of fused-ring (bicyclic) bond motifs is 5. The highest BCUT2D eigenvalue weighted by Gasteiger charge is 2.58. The number of allylic oxidation sites excluding steroid dienone is 1. The van der Waals surface area contributed by atoms with Gasteiger partial charge < -0.3 is 4.74 Å². The van der Waals surface area contributed by atoms with E-state index < -0.39 is 0 Å². The predicted octanol–water partition coefficient (Wildman–Crippen LogP) is 14.2. The van der Waals surface area contributed by atoms with Gasteiger partial charge in [-0.05, 0) is 98.2 Å². The highest BCUT2D eigenvalue weighted by molar-refractivity contribution is 5.69. The summed E-state index contributed by atoms with van der Waals surface area (Å²) in [7, 11) is 0. The standard InChI is InChI=1S/C31H52O2.C5H12.3C2H6/c1-6-7-12-29(32)33-25-17-19-31(5)24(21-25)13-15-26-27-16-14-23(11-9-8-10-22(2)3)30(27,4)20-18-28(26)31;1-3-5-4-2;3*1-2/h13,22-23,25-28H,6-12,14-21H2,1-5H3;3-5H2,1-2H3;3*1-2H3. The van der Waals surface area contributed by atoms with Crippen molar-refractivity contribution in [3.05, 3.63) is 11.6 Å². The Morgan fingerprint density at radius 2 is 1.45 bits per heavy atom. The van der Waals surface area contributed by atoms with E-state index in [9.17, 15) is 4.79 Å². The summed E-state index contributed by atoms with van der Waals surface area (Å²) >= 11 is 0. The molecule has 7 unspecified atom stereocenters. The van der Waals surface area contributed by atoms with E-state index in [2.05, 4.69) is 54.5 Å². The topological polar surface area (TPSA) is 26.3 Å². The Morgan fingerprint density at radius 1 is 0.818 bits per heavy atom. The smallest absolute Gasteiger partial charge is 0.306 e. The van der Waals surface area contributed by atoms with Crippen LogP contribution in [0.25, 0.3) is 0 Å². The average molecular weight is 619 g/mol. The summed E-state index contributed by atoms with van der Waals surface area (Å²) in [5, 5.41) is 0. The van der Waals surface area contributed by atoms with Crippen molar-refractivity contribution in [1.82, 2.24) is 0 Å². The van der Waals surface area contributed by atoms with Gasteiger partial charge in [-0.25, -0.2) is 0 Å². The van der Waals surface area contributed by atoms with E-state index in [1.807, 2.05) is 41.5 Å². The lowest BCUT2D eigenvalue weighted by atomic mass is 9.47. The quantitative estimate of drug-likeness (QED) is 0.131. The largest absolute Gasteiger partial charge is 0.462 e. The van der Waals surface area contributed by atoms with Crippen LogP contribution >= 0.6 is 0 Å². The van der Waals surface area contributed by atoms with Crippen LogP contribution in [-0.4, -0.2) is 12.1 Å². The first kappa shape index (κ1) is 43.2. The fourth-order valence-electron chi connectivity index (χ4n) is 9.17. The third-order valence-electron chi connectivity index (χ3n) is 11.6. The van der Waals surface area contributed by atoms with Gasteiger partial charge in [-0.3, -0.25) is 4.79 Å². The normalized spacial score (nSPS) is 31.4. The molecule has 262 valence electrons. The van der Waals surface area contributed by atoms with Crippen LogP contribution in [0.3, 0.4) is 0 Å². The molecular formula is C42H82O2. The molecule has 0 bridgehead atoms. The van der Waals surface area contributed by atoms with Gasteiger partial charge in [-0.1, -0.05) is 147 Å². The van der Waals surface area contributed by atoms with Crippen molar-refractivity contribution in [2.75, 3.05) is 0 Å². The van der Waals surface area contributed by atoms with Crippen LogP contribution in [0.1, 0.15) is 206 Å². The minimum Gasteiger partial charge on any atom is -0.462 e. The molecule has 4 aliphatic rings. The van der Waals surface area contributed by atoms with Crippen LogP contribution in [0.5, 0.6) is 0 Å². The number of ether oxygens (including phenoxy) is 1. The van der Waals surface area contributed by atoms with Crippen LogP contribution in [0.2, 0.25) is 0 Å². The summed E-state index contributed by atoms with van der Waals surface area (Å²) in [5.41, 5.74) is 2.58. The summed E-state index contributed by atoms with van der Waals surface area (Å²) in [6.07, 6.45) is 25.6. The van der Waals surface area contributed by atoms with Crippen molar-refractivity contribution in [3.8, 4) is 0 Å². The second-order valence-electron chi connectivity index (χ2n) is 14.6. The molecule has 2 heteroatoms. The first-order valence-corrected chi connectivity index (χ1v) is 20.1. The second-order valence-corrected chi connectivity index (χ2v) is 14.6. The van der Waals surface area contributed by atoms with Crippen LogP contribution in [0.15, 0.2) is 11.6 Å². The van der Waals surface area contributed by atoms with Crippen LogP contribution in [-0.2, 0) is 9.53 Å². The third-order valence-corrected chi connectivity index (χ3v) is 11.6. The first-order chi connectivity index (χ1) is 21.2. The number of hydrogen-bond acceptors (Lipinski definition) is 2. The van der Waals surface area contributed by atoms with E-state index in [1.54, 1.807) is 5.57 Å². The maximum absolute atomic E-state index is 12.2. The molecule has 4 rings (SSSR count). The lowest BCUT2D eigenvalue weighted by molar-refractivity contribution is -0.151. The average Bonchev–Trinajstić information content (AvgIpc) is 3.38. The molecule has 3 saturated carbocycles. The molecule has 0 saturated heterocycles. The zero-order chi connectivity index (χ0) is 33.8. The fraction of sp³-hybridized carbons (Fsp3) is 0.929. The number of carbonyl (C=O) groups is 1. The van der Waals surface area contributed by atoms with Crippen LogP contribution in [0.4, 0.5) is 0 Å². The van der Waals surface area contributed by atoms with Crippen LogP contribution < -0.4 is 0 Å². The maximum atomic E-state index is 12.2. The van der Waals surface area contributed by atoms with Gasteiger partial charge in [0.05, 0.1) is 0 Å². The van der Waals surface area contributed by atoms with E-state index in [1.165, 1.54) is 83.5 Å². The SMILES string of the molecule is CC.CC.CC.CCCCC.CCCCC(=O)OC1CCC2(C)C(=CCC3C2CCC2(C)C(CCCCC(C)C)CCC32)C1. The Hall–Kier alpha value is -0.790. The van der Waals surface area contributed by atoms with Crippen molar-refractivity contribution in [3.63, 3.8) is 0 Å². The Balaban J connectivity index is 0.00000148. The molecule has 0 aromatic heterocycles. The molecule has 0 aromatic carbocycles. The Bertz CT molecular complexity index is 751. The number of esters is 1. The minimum atomic E-state index is 0.0264. The van der Waals surface area contributed by atoms with Crippen molar-refractivity contribution in [2.24, 2.45) is 40.4 Å². The Labute approximate surface area is 278 Å². The minimum absolute atomic E-state index is 0.0264. The van der Waals surface area contributed by atoms with Gasteiger partial charge in [-0.15, -0.1) is 0 Å². The number of unbranched alkanes of at least 4 members (excludes halogenated alkanes) is 4. The lowest BCUT2D eigenvalue weighted by Gasteiger charge is -2.58. The molecule has 0 N–H and O–H groups in total. The van der Waals surface area contributed by atoms with Gasteiger partial charge in [-0.2, -0.15) is 0 Å². The molecule has 0 heterocycles. The summed E-state index contributed by atoms with van der Waals surface area (Å²) in [6.45, 7) is 28.5. The fourth-order valence-corrected chi connectivity index (χ4v) is 9.17. The van der Waals surface area contributed by atoms with Gasteiger partial charge >= 0.3 is 5.97 Å². The van der Waals surface area contributed by atoms with Gasteiger partial charge in [0.15, 0.2) is 0 Å². The highest BCUT2D eigenvalue weighted by atomic mass is 16.5. The number of carbonyl (C=O) groups excluding carboxylic acids is 1. The molecule has 0 radical (unpaired) electrons. The van der Waals surface area contributed by atoms with Gasteiger partial charge in [0.1, 0.15) is 6.10 Å². The predicted molar refractivity (Wildman–Crippen MR) is 197 cm³/mol. The van der Waals surface area contributed by atoms with E-state index in [0.717, 1.165) is 55.3 Å². The third kappa shape index (κ3) is 12.1.